The number of aromatic nitrogens is 1. The Morgan fingerprint density at radius 1 is 1.24 bits per heavy atom. The summed E-state index contributed by atoms with van der Waals surface area (Å²) in [5, 5.41) is 0.726. The van der Waals surface area contributed by atoms with Crippen molar-refractivity contribution >= 4 is 27.5 Å². The van der Waals surface area contributed by atoms with Crippen LogP contribution in [-0.2, 0) is 6.61 Å². The molecule has 0 unspecified atom stereocenters. The van der Waals surface area contributed by atoms with Gasteiger partial charge in [0.15, 0.2) is 0 Å². The monoisotopic (exact) mass is 311 g/mol. The molecule has 0 aliphatic heterocycles. The van der Waals surface area contributed by atoms with Crippen molar-refractivity contribution in [3.05, 3.63) is 57.2 Å². The second-order valence-corrected chi connectivity index (χ2v) is 4.89. The lowest BCUT2D eigenvalue weighted by Crippen LogP contribution is -1.98. The third-order valence-electron chi connectivity index (χ3n) is 2.34. The van der Waals surface area contributed by atoms with Crippen molar-refractivity contribution in [2.24, 2.45) is 0 Å². The number of ether oxygens (including phenoxy) is 1. The topological polar surface area (TPSA) is 22.1 Å². The molecule has 0 spiro atoms. The highest BCUT2D eigenvalue weighted by atomic mass is 79.9. The number of aryl methyl sites for hydroxylation is 1. The van der Waals surface area contributed by atoms with Crippen molar-refractivity contribution in [1.82, 2.24) is 4.98 Å². The first-order valence-corrected chi connectivity index (χ1v) is 6.32. The Bertz CT molecular complexity index is 513. The van der Waals surface area contributed by atoms with Gasteiger partial charge in [0.1, 0.15) is 6.61 Å². The van der Waals surface area contributed by atoms with E-state index in [1.807, 2.05) is 37.3 Å². The average Bonchev–Trinajstić information content (AvgIpc) is 2.33. The van der Waals surface area contributed by atoms with Crippen LogP contribution in [0.4, 0.5) is 0 Å². The lowest BCUT2D eigenvalue weighted by molar-refractivity contribution is 0.291. The van der Waals surface area contributed by atoms with E-state index in [1.165, 1.54) is 0 Å². The molecule has 1 aromatic carbocycles. The van der Waals surface area contributed by atoms with E-state index in [0.29, 0.717) is 12.5 Å². The van der Waals surface area contributed by atoms with Gasteiger partial charge >= 0.3 is 0 Å². The zero-order valence-electron chi connectivity index (χ0n) is 9.28. The van der Waals surface area contributed by atoms with E-state index in [9.17, 15) is 0 Å². The molecule has 1 heterocycles. The van der Waals surface area contributed by atoms with Crippen LogP contribution in [0.5, 0.6) is 5.88 Å². The van der Waals surface area contributed by atoms with E-state index in [1.54, 1.807) is 6.20 Å². The number of halogens is 2. The van der Waals surface area contributed by atoms with Crippen molar-refractivity contribution in [3.8, 4) is 5.88 Å². The molecule has 0 fully saturated rings. The Morgan fingerprint density at radius 2 is 1.94 bits per heavy atom. The van der Waals surface area contributed by atoms with Crippen molar-refractivity contribution < 1.29 is 4.74 Å². The summed E-state index contributed by atoms with van der Waals surface area (Å²) in [6.07, 6.45) is 1.73. The quantitative estimate of drug-likeness (QED) is 0.839. The van der Waals surface area contributed by atoms with Crippen LogP contribution < -0.4 is 4.74 Å². The predicted octanol–water partition coefficient (Wildman–Crippen LogP) is 4.38. The van der Waals surface area contributed by atoms with Gasteiger partial charge in [-0.05, 0) is 52.2 Å². The summed E-state index contributed by atoms with van der Waals surface area (Å²) in [7, 11) is 0. The molecular weight excluding hydrogens is 302 g/mol. The summed E-state index contributed by atoms with van der Waals surface area (Å²) in [5.41, 5.74) is 2.16. The van der Waals surface area contributed by atoms with Gasteiger partial charge in [-0.15, -0.1) is 0 Å². The van der Waals surface area contributed by atoms with E-state index in [0.717, 1.165) is 20.6 Å². The number of rotatable bonds is 3. The molecule has 0 amide bonds. The standard InChI is InChI=1S/C13H11BrClNO/c1-9-6-7-16-13(12(9)14)17-8-10-2-4-11(15)5-3-10/h2-7H,8H2,1H3. The van der Waals surface area contributed by atoms with Gasteiger partial charge in [-0.3, -0.25) is 0 Å². The normalized spacial score (nSPS) is 10.3. The van der Waals surface area contributed by atoms with Crippen LogP contribution in [0.25, 0.3) is 0 Å². The maximum absolute atomic E-state index is 5.81. The first-order chi connectivity index (χ1) is 8.16. The molecule has 0 atom stereocenters. The summed E-state index contributed by atoms with van der Waals surface area (Å²) in [5.74, 6) is 0.611. The van der Waals surface area contributed by atoms with Gasteiger partial charge in [0.05, 0.1) is 4.47 Å². The van der Waals surface area contributed by atoms with Gasteiger partial charge in [0.2, 0.25) is 5.88 Å². The van der Waals surface area contributed by atoms with Crippen molar-refractivity contribution in [1.29, 1.82) is 0 Å². The molecule has 2 nitrogen and oxygen atoms in total. The molecule has 88 valence electrons. The Balaban J connectivity index is 2.07. The van der Waals surface area contributed by atoms with Gasteiger partial charge in [0, 0.05) is 11.2 Å². The third-order valence-corrected chi connectivity index (χ3v) is 3.56. The van der Waals surface area contributed by atoms with Gasteiger partial charge in [0.25, 0.3) is 0 Å². The molecular formula is C13H11BrClNO. The number of benzene rings is 1. The van der Waals surface area contributed by atoms with Crippen molar-refractivity contribution in [2.45, 2.75) is 13.5 Å². The third kappa shape index (κ3) is 3.20. The molecule has 17 heavy (non-hydrogen) atoms. The summed E-state index contributed by atoms with van der Waals surface area (Å²) in [6, 6.07) is 9.50. The fourth-order valence-electron chi connectivity index (χ4n) is 1.35. The minimum Gasteiger partial charge on any atom is -0.472 e. The molecule has 0 aliphatic carbocycles. The summed E-state index contributed by atoms with van der Waals surface area (Å²) in [4.78, 5) is 4.18. The van der Waals surface area contributed by atoms with Crippen molar-refractivity contribution in [3.63, 3.8) is 0 Å². The Labute approximate surface area is 114 Å². The summed E-state index contributed by atoms with van der Waals surface area (Å²) in [6.45, 7) is 2.48. The Morgan fingerprint density at radius 3 is 2.65 bits per heavy atom. The van der Waals surface area contributed by atoms with Crippen LogP contribution in [0.1, 0.15) is 11.1 Å². The van der Waals surface area contributed by atoms with Gasteiger partial charge < -0.3 is 4.74 Å². The number of hydrogen-bond donors (Lipinski definition) is 0. The molecule has 0 bridgehead atoms. The van der Waals surface area contributed by atoms with E-state index >= 15 is 0 Å². The molecule has 4 heteroatoms. The first kappa shape index (κ1) is 12.4. The molecule has 0 aliphatic rings. The minimum atomic E-state index is 0.478. The molecule has 1 aromatic heterocycles. The van der Waals surface area contributed by atoms with Crippen LogP contribution in [0.15, 0.2) is 41.0 Å². The Hall–Kier alpha value is -1.06. The lowest BCUT2D eigenvalue weighted by atomic mass is 10.2. The van der Waals surface area contributed by atoms with Crippen LogP contribution in [-0.4, -0.2) is 4.98 Å². The average molecular weight is 313 g/mol. The van der Waals surface area contributed by atoms with Crippen LogP contribution in [0.3, 0.4) is 0 Å². The number of nitrogens with zero attached hydrogens (tertiary/aromatic N) is 1. The second-order valence-electron chi connectivity index (χ2n) is 3.66. The van der Waals surface area contributed by atoms with Crippen LogP contribution in [0, 0.1) is 6.92 Å². The van der Waals surface area contributed by atoms with Crippen molar-refractivity contribution in [2.75, 3.05) is 0 Å². The summed E-state index contributed by atoms with van der Waals surface area (Å²) < 4.78 is 6.54. The zero-order valence-corrected chi connectivity index (χ0v) is 11.6. The highest BCUT2D eigenvalue weighted by Gasteiger charge is 2.05. The van der Waals surface area contributed by atoms with E-state index in [-0.39, 0.29) is 0 Å². The van der Waals surface area contributed by atoms with Gasteiger partial charge in [-0.1, -0.05) is 23.7 Å². The number of pyridine rings is 1. The highest BCUT2D eigenvalue weighted by Crippen LogP contribution is 2.26. The molecule has 0 radical (unpaired) electrons. The van der Waals surface area contributed by atoms with Gasteiger partial charge in [-0.2, -0.15) is 0 Å². The largest absolute Gasteiger partial charge is 0.472 e. The van der Waals surface area contributed by atoms with E-state index in [2.05, 4.69) is 20.9 Å². The maximum Gasteiger partial charge on any atom is 0.228 e. The minimum absolute atomic E-state index is 0.478. The number of hydrogen-bond acceptors (Lipinski definition) is 2. The summed E-state index contributed by atoms with van der Waals surface area (Å²) >= 11 is 9.27. The fourth-order valence-corrected chi connectivity index (χ4v) is 1.82. The predicted molar refractivity (Wildman–Crippen MR) is 72.5 cm³/mol. The fraction of sp³-hybridized carbons (Fsp3) is 0.154. The first-order valence-electron chi connectivity index (χ1n) is 5.15. The molecule has 0 N–H and O–H groups in total. The van der Waals surface area contributed by atoms with E-state index in [4.69, 9.17) is 16.3 Å². The zero-order chi connectivity index (χ0) is 12.3. The molecule has 2 rings (SSSR count). The lowest BCUT2D eigenvalue weighted by Gasteiger charge is -2.08. The highest BCUT2D eigenvalue weighted by molar-refractivity contribution is 9.10. The van der Waals surface area contributed by atoms with Crippen LogP contribution >= 0.6 is 27.5 Å². The second kappa shape index (κ2) is 5.52. The Kier molecular flexibility index (Phi) is 4.02. The van der Waals surface area contributed by atoms with E-state index < -0.39 is 0 Å². The van der Waals surface area contributed by atoms with Gasteiger partial charge in [-0.25, -0.2) is 4.98 Å². The molecule has 0 saturated carbocycles. The molecule has 2 aromatic rings. The maximum atomic E-state index is 5.81. The molecule has 0 saturated heterocycles. The SMILES string of the molecule is Cc1ccnc(OCc2ccc(Cl)cc2)c1Br. The van der Waals surface area contributed by atoms with Crippen LogP contribution in [0.2, 0.25) is 5.02 Å². The smallest absolute Gasteiger partial charge is 0.228 e.